The number of nitrogens with two attached hydrogens (primary N) is 2. The fourth-order valence-corrected chi connectivity index (χ4v) is 2.04. The van der Waals surface area contributed by atoms with E-state index < -0.39 is 24.0 Å². The van der Waals surface area contributed by atoms with Crippen molar-refractivity contribution in [2.24, 2.45) is 11.5 Å². The van der Waals surface area contributed by atoms with Crippen molar-refractivity contribution in [3.8, 4) is 0 Å². The highest BCUT2D eigenvalue weighted by molar-refractivity contribution is 5.85. The SMILES string of the molecule is NC(N)=[NH+]CCC[C@H]([NH3+])C(=O)N[C@@H](Cc1ccccc1)C(=O)[O-]. The highest BCUT2D eigenvalue weighted by atomic mass is 16.4. The lowest BCUT2D eigenvalue weighted by atomic mass is 10.0. The molecule has 0 saturated carbocycles. The summed E-state index contributed by atoms with van der Waals surface area (Å²) in [5.74, 6) is -1.61. The Morgan fingerprint density at radius 2 is 1.91 bits per heavy atom. The maximum atomic E-state index is 12.0. The average molecular weight is 322 g/mol. The van der Waals surface area contributed by atoms with Gasteiger partial charge in [-0.3, -0.25) is 21.3 Å². The Balaban J connectivity index is 2.50. The molecule has 8 nitrogen and oxygen atoms in total. The van der Waals surface area contributed by atoms with Gasteiger partial charge in [0.2, 0.25) is 0 Å². The summed E-state index contributed by atoms with van der Waals surface area (Å²) in [7, 11) is 0. The van der Waals surface area contributed by atoms with Crippen molar-refractivity contribution >= 4 is 17.8 Å². The van der Waals surface area contributed by atoms with E-state index in [0.717, 1.165) is 5.56 Å². The van der Waals surface area contributed by atoms with Gasteiger partial charge in [-0.2, -0.15) is 0 Å². The summed E-state index contributed by atoms with van der Waals surface area (Å²) in [6.45, 7) is 0.523. The van der Waals surface area contributed by atoms with E-state index in [1.807, 2.05) is 6.07 Å². The Hall–Kier alpha value is -2.61. The largest absolute Gasteiger partial charge is 0.548 e. The molecular weight excluding hydrogens is 298 g/mol. The van der Waals surface area contributed by atoms with Crippen LogP contribution in [0.25, 0.3) is 0 Å². The molecule has 0 spiro atoms. The topological polar surface area (TPSA) is 163 Å². The number of carbonyl (C=O) groups excluding carboxylic acids is 2. The van der Waals surface area contributed by atoms with Crippen molar-refractivity contribution in [3.05, 3.63) is 35.9 Å². The van der Waals surface area contributed by atoms with Crippen molar-refractivity contribution in [3.63, 3.8) is 0 Å². The number of quaternary nitrogens is 1. The zero-order valence-electron chi connectivity index (χ0n) is 13.0. The quantitative estimate of drug-likeness (QED) is 0.175. The molecule has 9 N–H and O–H groups in total. The lowest BCUT2D eigenvalue weighted by Crippen LogP contribution is -2.78. The Bertz CT molecular complexity index is 543. The molecule has 0 aliphatic heterocycles. The van der Waals surface area contributed by atoms with Gasteiger partial charge in [0.1, 0.15) is 0 Å². The monoisotopic (exact) mass is 322 g/mol. The molecule has 1 aromatic rings. The maximum Gasteiger partial charge on any atom is 0.338 e. The molecule has 1 amide bonds. The van der Waals surface area contributed by atoms with E-state index in [9.17, 15) is 14.7 Å². The number of benzene rings is 1. The van der Waals surface area contributed by atoms with Crippen LogP contribution in [0.1, 0.15) is 18.4 Å². The van der Waals surface area contributed by atoms with Crippen molar-refractivity contribution in [2.45, 2.75) is 31.3 Å². The zero-order valence-corrected chi connectivity index (χ0v) is 13.0. The second-order valence-corrected chi connectivity index (χ2v) is 5.29. The molecule has 0 radical (unpaired) electrons. The standard InChI is InChI=1S/C15H23N5O3/c16-11(7-4-8-19-15(17)18)13(21)20-12(14(22)23)9-10-5-2-1-3-6-10/h1-3,5-6,11-12H,4,7-9,16H2,(H,20,21)(H,22,23)(H4,17,18,19)/p+1/t11-,12-/m0/s1. The lowest BCUT2D eigenvalue weighted by Gasteiger charge is -2.21. The number of guanidine groups is 1. The molecule has 8 heteroatoms. The molecule has 0 aliphatic rings. The predicted octanol–water partition coefficient (Wildman–Crippen LogP) is -4.79. The summed E-state index contributed by atoms with van der Waals surface area (Å²) in [6.07, 6.45) is 1.28. The first kappa shape index (κ1) is 18.4. The van der Waals surface area contributed by atoms with Gasteiger partial charge in [0.25, 0.3) is 5.91 Å². The van der Waals surface area contributed by atoms with Gasteiger partial charge in [-0.05, 0) is 18.4 Å². The molecule has 0 heterocycles. The Kier molecular flexibility index (Phi) is 7.55. The number of hydrogen-bond acceptors (Lipinski definition) is 3. The van der Waals surface area contributed by atoms with Crippen LogP contribution in [0, 0.1) is 0 Å². The number of carboxylic acids is 1. The third-order valence-electron chi connectivity index (χ3n) is 3.31. The normalized spacial score (nSPS) is 12.9. The van der Waals surface area contributed by atoms with Crippen LogP contribution >= 0.6 is 0 Å². The molecule has 0 bridgehead atoms. The molecule has 1 aromatic carbocycles. The Labute approximate surface area is 134 Å². The van der Waals surface area contributed by atoms with E-state index in [0.29, 0.717) is 19.4 Å². The van der Waals surface area contributed by atoms with E-state index >= 15 is 0 Å². The van der Waals surface area contributed by atoms with Gasteiger partial charge < -0.3 is 21.0 Å². The van der Waals surface area contributed by atoms with Crippen LogP contribution in [0.2, 0.25) is 0 Å². The number of hydrogen-bond donors (Lipinski definition) is 5. The van der Waals surface area contributed by atoms with Crippen LogP contribution in [0.15, 0.2) is 30.3 Å². The van der Waals surface area contributed by atoms with Crippen LogP contribution in [-0.4, -0.2) is 36.5 Å². The lowest BCUT2D eigenvalue weighted by molar-refractivity contribution is -0.463. The van der Waals surface area contributed by atoms with E-state index in [1.54, 1.807) is 24.3 Å². The molecule has 0 unspecified atom stereocenters. The van der Waals surface area contributed by atoms with Gasteiger partial charge >= 0.3 is 5.96 Å². The molecule has 23 heavy (non-hydrogen) atoms. The number of carbonyl (C=O) groups is 2. The van der Waals surface area contributed by atoms with Crippen molar-refractivity contribution in [1.29, 1.82) is 0 Å². The summed E-state index contributed by atoms with van der Waals surface area (Å²) in [5, 5.41) is 13.7. The number of rotatable bonds is 9. The van der Waals surface area contributed by atoms with Crippen LogP contribution in [0.3, 0.4) is 0 Å². The second-order valence-electron chi connectivity index (χ2n) is 5.29. The van der Waals surface area contributed by atoms with Gasteiger partial charge in [0.15, 0.2) is 6.04 Å². The molecule has 0 saturated heterocycles. The summed E-state index contributed by atoms with van der Waals surface area (Å²) in [6, 6.07) is 7.39. The first-order chi connectivity index (χ1) is 10.9. The molecule has 2 atom stereocenters. The smallest absolute Gasteiger partial charge is 0.338 e. The van der Waals surface area contributed by atoms with Crippen LogP contribution in [0.4, 0.5) is 0 Å². The minimum absolute atomic E-state index is 0.120. The van der Waals surface area contributed by atoms with Gasteiger partial charge in [-0.15, -0.1) is 0 Å². The first-order valence-corrected chi connectivity index (χ1v) is 7.40. The van der Waals surface area contributed by atoms with Gasteiger partial charge in [-0.25, -0.2) is 0 Å². The van der Waals surface area contributed by atoms with E-state index in [-0.39, 0.29) is 12.4 Å². The third kappa shape index (κ3) is 7.28. The number of carboxylic acid groups (broad SMARTS) is 1. The summed E-state index contributed by atoms with van der Waals surface area (Å²) < 4.78 is 0. The summed E-state index contributed by atoms with van der Waals surface area (Å²) in [5.41, 5.74) is 15.1. The average Bonchev–Trinajstić information content (AvgIpc) is 2.51. The fraction of sp³-hybridized carbons (Fsp3) is 0.400. The first-order valence-electron chi connectivity index (χ1n) is 7.40. The van der Waals surface area contributed by atoms with Crippen LogP contribution < -0.4 is 32.6 Å². The maximum absolute atomic E-state index is 12.0. The second kappa shape index (κ2) is 9.42. The minimum atomic E-state index is -1.32. The molecule has 126 valence electrons. The molecule has 0 aliphatic carbocycles. The molecule has 1 rings (SSSR count). The van der Waals surface area contributed by atoms with Gasteiger partial charge in [0.05, 0.1) is 18.6 Å². The highest BCUT2D eigenvalue weighted by Crippen LogP contribution is 2.03. The molecule has 0 fully saturated rings. The number of nitrogens with one attached hydrogen (secondary N) is 2. The highest BCUT2D eigenvalue weighted by Gasteiger charge is 2.21. The Morgan fingerprint density at radius 1 is 1.26 bits per heavy atom. The molecule has 0 aromatic heterocycles. The predicted molar refractivity (Wildman–Crippen MR) is 82.2 cm³/mol. The van der Waals surface area contributed by atoms with Crippen LogP contribution in [0.5, 0.6) is 0 Å². The van der Waals surface area contributed by atoms with Crippen molar-refractivity contribution in [2.75, 3.05) is 6.54 Å². The number of amides is 1. The van der Waals surface area contributed by atoms with Gasteiger partial charge in [0, 0.05) is 6.42 Å². The van der Waals surface area contributed by atoms with Gasteiger partial charge in [-0.1, -0.05) is 30.3 Å². The zero-order chi connectivity index (χ0) is 17.2. The number of aliphatic carboxylic acids is 1. The molecular formula is C15H24N5O3+. The Morgan fingerprint density at radius 3 is 2.48 bits per heavy atom. The minimum Gasteiger partial charge on any atom is -0.548 e. The summed E-state index contributed by atoms with van der Waals surface area (Å²) in [4.78, 5) is 26.0. The fourth-order valence-electron chi connectivity index (χ4n) is 2.04. The van der Waals surface area contributed by atoms with E-state index in [2.05, 4.69) is 16.0 Å². The van der Waals surface area contributed by atoms with E-state index in [1.165, 1.54) is 0 Å². The third-order valence-corrected chi connectivity index (χ3v) is 3.31. The van der Waals surface area contributed by atoms with E-state index in [4.69, 9.17) is 11.5 Å². The van der Waals surface area contributed by atoms with Crippen molar-refractivity contribution in [1.82, 2.24) is 5.32 Å². The van der Waals surface area contributed by atoms with Crippen LogP contribution in [-0.2, 0) is 16.0 Å². The van der Waals surface area contributed by atoms with Crippen molar-refractivity contribution < 1.29 is 25.4 Å². The summed E-state index contributed by atoms with van der Waals surface area (Å²) >= 11 is 0.